The van der Waals surface area contributed by atoms with Crippen LogP contribution in [0.2, 0.25) is 0 Å². The van der Waals surface area contributed by atoms with Crippen LogP contribution in [0.25, 0.3) is 0 Å². The Hall–Kier alpha value is -1.72. The fourth-order valence-corrected chi connectivity index (χ4v) is 5.36. The normalized spacial score (nSPS) is 24.4. The van der Waals surface area contributed by atoms with Crippen LogP contribution in [0.15, 0.2) is 36.2 Å². The molecule has 0 bridgehead atoms. The number of nitrogens with one attached hydrogen (secondary N) is 1. The number of aromatic nitrogens is 1. The lowest BCUT2D eigenvalue weighted by Gasteiger charge is -2.42. The molecular weight excluding hydrogens is 372 g/mol. The fraction of sp³-hybridized carbons (Fsp3) is 0.680. The van der Waals surface area contributed by atoms with Crippen molar-refractivity contribution >= 4 is 5.91 Å². The summed E-state index contributed by atoms with van der Waals surface area (Å²) in [6.45, 7) is 6.24. The van der Waals surface area contributed by atoms with Crippen molar-refractivity contribution in [2.45, 2.75) is 70.4 Å². The molecule has 30 heavy (non-hydrogen) atoms. The third-order valence-corrected chi connectivity index (χ3v) is 7.18. The largest absolute Gasteiger partial charge is 0.356 e. The van der Waals surface area contributed by atoms with E-state index in [1.807, 2.05) is 12.4 Å². The minimum Gasteiger partial charge on any atom is -0.356 e. The molecule has 3 heterocycles. The topological polar surface area (TPSA) is 48.5 Å². The number of allylic oxidation sites excluding steroid dienone is 1. The Balaban J connectivity index is 1.18. The molecule has 0 spiro atoms. The number of rotatable bonds is 7. The van der Waals surface area contributed by atoms with Crippen LogP contribution < -0.4 is 5.32 Å². The van der Waals surface area contributed by atoms with Crippen LogP contribution in [-0.4, -0.2) is 59.5 Å². The van der Waals surface area contributed by atoms with E-state index in [1.54, 1.807) is 5.57 Å². The standard InChI is InChI=1S/C25H38N4O/c30-25(27-15-10-21-5-2-1-3-6-21)23-7-4-16-29(20-23)24-11-17-28(18-12-24)19-22-8-13-26-14-9-22/h5,8-9,13-14,23-24H,1-4,6-7,10-12,15-20H2,(H,27,30)/t23-/m0/s1. The molecule has 1 aliphatic carbocycles. The maximum Gasteiger partial charge on any atom is 0.224 e. The third-order valence-electron chi connectivity index (χ3n) is 7.18. The molecule has 2 saturated heterocycles. The molecule has 164 valence electrons. The minimum atomic E-state index is 0.175. The highest BCUT2D eigenvalue weighted by Crippen LogP contribution is 2.25. The van der Waals surface area contributed by atoms with Gasteiger partial charge in [-0.15, -0.1) is 0 Å². The van der Waals surface area contributed by atoms with E-state index in [0.29, 0.717) is 6.04 Å². The Labute approximate surface area is 181 Å². The Kier molecular flexibility index (Phi) is 7.93. The summed E-state index contributed by atoms with van der Waals surface area (Å²) in [6, 6.07) is 4.87. The summed E-state index contributed by atoms with van der Waals surface area (Å²) in [5, 5.41) is 3.24. The lowest BCUT2D eigenvalue weighted by atomic mass is 9.93. The first-order valence-corrected chi connectivity index (χ1v) is 12.1. The van der Waals surface area contributed by atoms with Gasteiger partial charge in [0.1, 0.15) is 0 Å². The van der Waals surface area contributed by atoms with E-state index in [4.69, 9.17) is 0 Å². The number of pyridine rings is 1. The van der Waals surface area contributed by atoms with Crippen LogP contribution in [-0.2, 0) is 11.3 Å². The SMILES string of the molecule is O=C(NCCC1=CCCCC1)[C@H]1CCCN(C2CCN(Cc3ccncc3)CC2)C1. The van der Waals surface area contributed by atoms with Crippen LogP contribution >= 0.6 is 0 Å². The van der Waals surface area contributed by atoms with Crippen LogP contribution in [0.5, 0.6) is 0 Å². The van der Waals surface area contributed by atoms with E-state index in [9.17, 15) is 4.79 Å². The molecule has 4 rings (SSSR count). The van der Waals surface area contributed by atoms with Crippen LogP contribution in [0.4, 0.5) is 0 Å². The molecule has 0 radical (unpaired) electrons. The van der Waals surface area contributed by atoms with E-state index in [1.165, 1.54) is 44.1 Å². The van der Waals surface area contributed by atoms with Crippen molar-refractivity contribution < 1.29 is 4.79 Å². The summed E-state index contributed by atoms with van der Waals surface area (Å²) in [7, 11) is 0. The molecule has 1 aromatic heterocycles. The first-order valence-electron chi connectivity index (χ1n) is 12.1. The zero-order chi connectivity index (χ0) is 20.6. The number of hydrogen-bond acceptors (Lipinski definition) is 4. The molecule has 2 fully saturated rings. The first kappa shape index (κ1) is 21.5. The van der Waals surface area contributed by atoms with Gasteiger partial charge in [0.25, 0.3) is 0 Å². The van der Waals surface area contributed by atoms with Gasteiger partial charge in [-0.05, 0) is 95.1 Å². The van der Waals surface area contributed by atoms with Crippen molar-refractivity contribution in [2.75, 3.05) is 32.7 Å². The molecule has 5 nitrogen and oxygen atoms in total. The van der Waals surface area contributed by atoms with Gasteiger partial charge in [0.05, 0.1) is 5.92 Å². The summed E-state index contributed by atoms with van der Waals surface area (Å²) in [6.07, 6.45) is 16.9. The van der Waals surface area contributed by atoms with Crippen molar-refractivity contribution in [1.29, 1.82) is 0 Å². The summed E-state index contributed by atoms with van der Waals surface area (Å²) in [5.41, 5.74) is 2.90. The second-order valence-corrected chi connectivity index (χ2v) is 9.35. The number of carbonyl (C=O) groups is 1. The second kappa shape index (κ2) is 11.1. The van der Waals surface area contributed by atoms with Gasteiger partial charge in [-0.1, -0.05) is 11.6 Å². The number of hydrogen-bond donors (Lipinski definition) is 1. The Morgan fingerprint density at radius 2 is 1.90 bits per heavy atom. The van der Waals surface area contributed by atoms with Gasteiger partial charge in [0.2, 0.25) is 5.91 Å². The molecule has 1 amide bonds. The van der Waals surface area contributed by atoms with Gasteiger partial charge in [0, 0.05) is 38.1 Å². The van der Waals surface area contributed by atoms with Gasteiger partial charge in [0.15, 0.2) is 0 Å². The molecule has 1 atom stereocenters. The molecule has 0 aromatic carbocycles. The minimum absolute atomic E-state index is 0.175. The summed E-state index contributed by atoms with van der Waals surface area (Å²) in [5.74, 6) is 0.458. The molecule has 0 saturated carbocycles. The van der Waals surface area contributed by atoms with Crippen molar-refractivity contribution in [1.82, 2.24) is 20.1 Å². The van der Waals surface area contributed by atoms with Gasteiger partial charge in [-0.25, -0.2) is 0 Å². The number of nitrogens with zero attached hydrogens (tertiary/aromatic N) is 3. The van der Waals surface area contributed by atoms with E-state index in [0.717, 1.165) is 58.5 Å². The number of carbonyl (C=O) groups excluding carboxylic acids is 1. The molecule has 5 heteroatoms. The zero-order valence-electron chi connectivity index (χ0n) is 18.4. The van der Waals surface area contributed by atoms with Crippen molar-refractivity contribution in [3.63, 3.8) is 0 Å². The lowest BCUT2D eigenvalue weighted by Crippen LogP contribution is -2.50. The smallest absolute Gasteiger partial charge is 0.224 e. The highest BCUT2D eigenvalue weighted by Gasteiger charge is 2.31. The summed E-state index contributed by atoms with van der Waals surface area (Å²) in [4.78, 5) is 22.0. The Bertz CT molecular complexity index is 696. The molecule has 3 aliphatic rings. The van der Waals surface area contributed by atoms with Gasteiger partial charge in [-0.2, -0.15) is 0 Å². The van der Waals surface area contributed by atoms with E-state index in [2.05, 4.69) is 38.3 Å². The predicted octanol–water partition coefficient (Wildman–Crippen LogP) is 3.76. The average molecular weight is 411 g/mol. The van der Waals surface area contributed by atoms with Crippen LogP contribution in [0.3, 0.4) is 0 Å². The molecule has 2 aliphatic heterocycles. The van der Waals surface area contributed by atoms with Gasteiger partial charge in [-0.3, -0.25) is 19.6 Å². The summed E-state index contributed by atoms with van der Waals surface area (Å²) < 4.78 is 0. The maximum atomic E-state index is 12.8. The van der Waals surface area contributed by atoms with Gasteiger partial charge < -0.3 is 5.32 Å². The quantitative estimate of drug-likeness (QED) is 0.695. The van der Waals surface area contributed by atoms with E-state index >= 15 is 0 Å². The van der Waals surface area contributed by atoms with Crippen molar-refractivity contribution in [2.24, 2.45) is 5.92 Å². The molecule has 1 N–H and O–H groups in total. The van der Waals surface area contributed by atoms with Crippen molar-refractivity contribution in [3.05, 3.63) is 41.7 Å². The molecular formula is C25H38N4O. The van der Waals surface area contributed by atoms with E-state index in [-0.39, 0.29) is 11.8 Å². The second-order valence-electron chi connectivity index (χ2n) is 9.35. The average Bonchev–Trinajstić information content (AvgIpc) is 2.81. The maximum absolute atomic E-state index is 12.8. The highest BCUT2D eigenvalue weighted by atomic mass is 16.1. The lowest BCUT2D eigenvalue weighted by molar-refractivity contribution is -0.127. The summed E-state index contributed by atoms with van der Waals surface area (Å²) >= 11 is 0. The third kappa shape index (κ3) is 6.14. The molecule has 0 unspecified atom stereocenters. The van der Waals surface area contributed by atoms with E-state index < -0.39 is 0 Å². The van der Waals surface area contributed by atoms with Gasteiger partial charge >= 0.3 is 0 Å². The fourth-order valence-electron chi connectivity index (χ4n) is 5.36. The number of piperidine rings is 2. The van der Waals surface area contributed by atoms with Crippen molar-refractivity contribution in [3.8, 4) is 0 Å². The number of amides is 1. The Morgan fingerprint density at radius 1 is 1.07 bits per heavy atom. The number of likely N-dealkylation sites (tertiary alicyclic amines) is 2. The zero-order valence-corrected chi connectivity index (χ0v) is 18.4. The molecule has 1 aromatic rings. The Morgan fingerprint density at radius 3 is 2.67 bits per heavy atom. The first-order chi connectivity index (χ1) is 14.8. The predicted molar refractivity (Wildman–Crippen MR) is 121 cm³/mol. The monoisotopic (exact) mass is 410 g/mol. The highest BCUT2D eigenvalue weighted by molar-refractivity contribution is 5.79. The van der Waals surface area contributed by atoms with Crippen LogP contribution in [0.1, 0.15) is 63.4 Å². The van der Waals surface area contributed by atoms with Crippen LogP contribution in [0, 0.1) is 5.92 Å².